The molecule has 0 atom stereocenters. The van der Waals surface area contributed by atoms with Crippen LogP contribution in [0.2, 0.25) is 0 Å². The molecule has 17 heavy (non-hydrogen) atoms. The molecule has 6 nitrogen and oxygen atoms in total. The summed E-state index contributed by atoms with van der Waals surface area (Å²) in [7, 11) is -4.64. The van der Waals surface area contributed by atoms with E-state index in [0.29, 0.717) is 5.56 Å². The molecule has 0 aliphatic carbocycles. The maximum absolute atomic E-state index is 10.7. The van der Waals surface area contributed by atoms with E-state index in [4.69, 9.17) is 24.4 Å². The molecule has 0 saturated heterocycles. The summed E-state index contributed by atoms with van der Waals surface area (Å²) in [5, 5.41) is 8.79. The van der Waals surface area contributed by atoms with Gasteiger partial charge in [-0.1, -0.05) is 31.5 Å². The van der Waals surface area contributed by atoms with E-state index in [-0.39, 0.29) is 0 Å². The molecule has 0 amide bonds. The number of rotatable bonds is 3. The molecule has 0 bridgehead atoms. The topological polar surface area (TPSA) is 115 Å². The minimum Gasteiger partial charge on any atom is -0.478 e. The molecule has 0 radical (unpaired) electrons. The van der Waals surface area contributed by atoms with E-state index in [1.54, 1.807) is 12.1 Å². The molecule has 96 valence electrons. The van der Waals surface area contributed by atoms with Crippen LogP contribution in [0.5, 0.6) is 0 Å². The molecule has 0 spiro atoms. The van der Waals surface area contributed by atoms with E-state index in [2.05, 4.69) is 0 Å². The molecule has 1 aromatic rings. The molecule has 7 heteroatoms. The third kappa shape index (κ3) is 8.59. The summed E-state index contributed by atoms with van der Waals surface area (Å²) in [5.74, 6) is -0.834. The van der Waals surface area contributed by atoms with Crippen molar-refractivity contribution in [2.45, 2.75) is 19.8 Å². The summed E-state index contributed by atoms with van der Waals surface area (Å²) in [4.78, 5) is 32.3. The van der Waals surface area contributed by atoms with Gasteiger partial charge in [0.05, 0.1) is 5.56 Å². The third-order valence-electron chi connectivity index (χ3n) is 1.77. The summed E-state index contributed by atoms with van der Waals surface area (Å²) in [6.45, 7) is 2.04. The van der Waals surface area contributed by atoms with Crippen LogP contribution in [0.3, 0.4) is 0 Å². The number of benzene rings is 1. The summed E-state index contributed by atoms with van der Waals surface area (Å²) in [5.41, 5.74) is 1.35. The molecular formula is C10H15O6P. The average Bonchev–Trinajstić information content (AvgIpc) is 2.16. The Hall–Kier alpha value is -1.20. The van der Waals surface area contributed by atoms with Gasteiger partial charge in [-0.25, -0.2) is 9.36 Å². The normalized spacial score (nSPS) is 10.4. The first-order valence-electron chi connectivity index (χ1n) is 4.85. The van der Waals surface area contributed by atoms with Crippen LogP contribution in [0.4, 0.5) is 0 Å². The second kappa shape index (κ2) is 7.19. The highest BCUT2D eigenvalue weighted by Crippen LogP contribution is 2.25. The van der Waals surface area contributed by atoms with Crippen LogP contribution >= 0.6 is 7.82 Å². The van der Waals surface area contributed by atoms with Gasteiger partial charge in [-0.3, -0.25) is 0 Å². The molecule has 0 unspecified atom stereocenters. The van der Waals surface area contributed by atoms with Gasteiger partial charge < -0.3 is 19.8 Å². The second-order valence-electron chi connectivity index (χ2n) is 3.23. The van der Waals surface area contributed by atoms with Crippen LogP contribution in [0, 0.1) is 0 Å². The monoisotopic (exact) mass is 262 g/mol. The molecule has 1 rings (SSSR count). The predicted molar refractivity (Wildman–Crippen MR) is 61.7 cm³/mol. The first-order chi connectivity index (χ1) is 7.75. The Labute approximate surface area is 98.8 Å². The van der Waals surface area contributed by atoms with Gasteiger partial charge in [0.15, 0.2) is 0 Å². The molecule has 0 aliphatic heterocycles. The quantitative estimate of drug-likeness (QED) is 0.612. The number of carbonyl (C=O) groups is 1. The van der Waals surface area contributed by atoms with E-state index in [9.17, 15) is 4.79 Å². The van der Waals surface area contributed by atoms with Gasteiger partial charge in [-0.05, 0) is 18.1 Å². The van der Waals surface area contributed by atoms with Gasteiger partial charge in [0.1, 0.15) is 0 Å². The molecule has 0 fully saturated rings. The fourth-order valence-electron chi connectivity index (χ4n) is 1.22. The minimum atomic E-state index is -4.64. The minimum absolute atomic E-state index is 0.430. The zero-order chi connectivity index (χ0) is 13.5. The first kappa shape index (κ1) is 15.8. The maximum Gasteiger partial charge on any atom is 0.466 e. The lowest BCUT2D eigenvalue weighted by molar-refractivity contribution is 0.0695. The molecule has 0 saturated carbocycles. The summed E-state index contributed by atoms with van der Waals surface area (Å²) >= 11 is 0. The average molecular weight is 262 g/mol. The van der Waals surface area contributed by atoms with E-state index >= 15 is 0 Å². The predicted octanol–water partition coefficient (Wildman–Crippen LogP) is 1.41. The van der Waals surface area contributed by atoms with Gasteiger partial charge in [0.2, 0.25) is 0 Å². The van der Waals surface area contributed by atoms with Crippen molar-refractivity contribution >= 4 is 13.8 Å². The fourth-order valence-corrected chi connectivity index (χ4v) is 1.22. The van der Waals surface area contributed by atoms with E-state index in [1.165, 1.54) is 0 Å². The number of phosphoric acid groups is 1. The molecule has 0 aromatic heterocycles. The van der Waals surface area contributed by atoms with Gasteiger partial charge in [-0.2, -0.15) is 0 Å². The number of carboxylic acids is 1. The lowest BCUT2D eigenvalue weighted by atomic mass is 10.0. The lowest BCUT2D eigenvalue weighted by Gasteiger charge is -2.02. The molecule has 0 heterocycles. The Morgan fingerprint density at radius 1 is 1.24 bits per heavy atom. The number of hydrogen-bond acceptors (Lipinski definition) is 2. The van der Waals surface area contributed by atoms with E-state index < -0.39 is 13.8 Å². The van der Waals surface area contributed by atoms with Gasteiger partial charge >= 0.3 is 13.8 Å². The van der Waals surface area contributed by atoms with Gasteiger partial charge in [0, 0.05) is 0 Å². The smallest absolute Gasteiger partial charge is 0.466 e. The highest BCUT2D eigenvalue weighted by molar-refractivity contribution is 7.45. The Bertz CT molecular complexity index is 403. The number of aryl methyl sites for hydroxylation is 1. The van der Waals surface area contributed by atoms with Crippen molar-refractivity contribution in [1.82, 2.24) is 0 Å². The van der Waals surface area contributed by atoms with Gasteiger partial charge in [0.25, 0.3) is 0 Å². The number of aromatic carboxylic acids is 1. The van der Waals surface area contributed by atoms with Crippen LogP contribution in [-0.2, 0) is 11.0 Å². The highest BCUT2D eigenvalue weighted by atomic mass is 31.2. The van der Waals surface area contributed by atoms with Crippen LogP contribution in [0.25, 0.3) is 0 Å². The number of hydrogen-bond donors (Lipinski definition) is 4. The van der Waals surface area contributed by atoms with Crippen LogP contribution in [0.15, 0.2) is 24.3 Å². The second-order valence-corrected chi connectivity index (χ2v) is 4.25. The van der Waals surface area contributed by atoms with Crippen molar-refractivity contribution in [3.05, 3.63) is 35.4 Å². The summed E-state index contributed by atoms with van der Waals surface area (Å²) in [6, 6.07) is 7.14. The fraction of sp³-hybridized carbons (Fsp3) is 0.300. The van der Waals surface area contributed by atoms with Crippen LogP contribution in [-0.4, -0.2) is 25.8 Å². The van der Waals surface area contributed by atoms with Crippen molar-refractivity contribution in [1.29, 1.82) is 0 Å². The Morgan fingerprint density at radius 3 is 2.12 bits per heavy atom. The summed E-state index contributed by atoms with van der Waals surface area (Å²) < 4.78 is 8.88. The first-order valence-corrected chi connectivity index (χ1v) is 6.41. The van der Waals surface area contributed by atoms with Crippen molar-refractivity contribution < 1.29 is 29.1 Å². The van der Waals surface area contributed by atoms with E-state index in [0.717, 1.165) is 18.4 Å². The highest BCUT2D eigenvalue weighted by Gasteiger charge is 2.06. The van der Waals surface area contributed by atoms with Crippen molar-refractivity contribution in [3.63, 3.8) is 0 Å². The molecular weight excluding hydrogens is 247 g/mol. The SMILES string of the molecule is CCCc1ccccc1C(=O)O.O=P(O)(O)O. The van der Waals surface area contributed by atoms with Gasteiger partial charge in [-0.15, -0.1) is 0 Å². The number of carboxylic acid groups (broad SMARTS) is 1. The Kier molecular flexibility index (Phi) is 6.68. The molecule has 0 aliphatic rings. The van der Waals surface area contributed by atoms with Crippen molar-refractivity contribution in [3.8, 4) is 0 Å². The zero-order valence-electron chi connectivity index (χ0n) is 9.28. The van der Waals surface area contributed by atoms with E-state index in [1.807, 2.05) is 19.1 Å². The lowest BCUT2D eigenvalue weighted by Crippen LogP contribution is -2.01. The standard InChI is InChI=1S/C10H12O2.H3O4P/c1-2-5-8-6-3-4-7-9(8)10(11)12;1-5(2,3)4/h3-4,6-7H,2,5H2,1H3,(H,11,12);(H3,1,2,3,4). The molecule has 1 aromatic carbocycles. The molecule has 4 N–H and O–H groups in total. The Morgan fingerprint density at radius 2 is 1.71 bits per heavy atom. The Balaban J connectivity index is 0.000000437. The maximum atomic E-state index is 10.7. The van der Waals surface area contributed by atoms with Crippen LogP contribution < -0.4 is 0 Å². The van der Waals surface area contributed by atoms with Crippen molar-refractivity contribution in [2.75, 3.05) is 0 Å². The zero-order valence-corrected chi connectivity index (χ0v) is 10.2. The largest absolute Gasteiger partial charge is 0.478 e. The summed E-state index contributed by atoms with van der Waals surface area (Å²) in [6.07, 6.45) is 1.81. The van der Waals surface area contributed by atoms with Crippen LogP contribution in [0.1, 0.15) is 29.3 Å². The van der Waals surface area contributed by atoms with Crippen molar-refractivity contribution in [2.24, 2.45) is 0 Å². The third-order valence-corrected chi connectivity index (χ3v) is 1.77.